The van der Waals surface area contributed by atoms with Crippen molar-refractivity contribution in [3.8, 4) is 0 Å². The molecule has 0 spiro atoms. The molecule has 0 unspecified atom stereocenters. The number of hydrogen-bond acceptors (Lipinski definition) is 3. The highest BCUT2D eigenvalue weighted by molar-refractivity contribution is 7.09. The summed E-state index contributed by atoms with van der Waals surface area (Å²) in [4.78, 5) is 16.3. The number of ketones is 1. The zero-order chi connectivity index (χ0) is 12.4. The number of thiazole rings is 1. The van der Waals surface area contributed by atoms with Gasteiger partial charge in [0.2, 0.25) is 0 Å². The van der Waals surface area contributed by atoms with Gasteiger partial charge in [-0.05, 0) is 25.5 Å². The number of carbonyl (C=O) groups is 1. The molecule has 17 heavy (non-hydrogen) atoms. The molecule has 0 aliphatic rings. The smallest absolute Gasteiger partial charge is 0.168 e. The fourth-order valence-corrected chi connectivity index (χ4v) is 2.32. The molecular weight excluding hydrogens is 254 g/mol. The number of carbonyl (C=O) groups excluding carboxylic acids is 1. The molecule has 2 rings (SSSR count). The fraction of sp³-hybridized carbons (Fsp3) is 0.231. The van der Waals surface area contributed by atoms with Crippen LogP contribution in [0.1, 0.15) is 26.6 Å². The molecule has 0 saturated heterocycles. The highest BCUT2D eigenvalue weighted by atomic mass is 35.5. The van der Waals surface area contributed by atoms with Crippen LogP contribution in [-0.2, 0) is 6.42 Å². The molecule has 2 nitrogen and oxygen atoms in total. The van der Waals surface area contributed by atoms with Gasteiger partial charge in [0.1, 0.15) is 0 Å². The van der Waals surface area contributed by atoms with Crippen molar-refractivity contribution in [1.29, 1.82) is 0 Å². The third-order valence-electron chi connectivity index (χ3n) is 2.50. The van der Waals surface area contributed by atoms with Crippen LogP contribution in [0.25, 0.3) is 0 Å². The Morgan fingerprint density at radius 2 is 2.18 bits per heavy atom. The van der Waals surface area contributed by atoms with E-state index in [4.69, 9.17) is 11.6 Å². The second-order valence-electron chi connectivity index (χ2n) is 3.92. The van der Waals surface area contributed by atoms with Crippen LogP contribution < -0.4 is 0 Å². The van der Waals surface area contributed by atoms with Crippen molar-refractivity contribution < 1.29 is 4.79 Å². The Hall–Kier alpha value is -1.19. The van der Waals surface area contributed by atoms with Crippen LogP contribution >= 0.6 is 22.9 Å². The van der Waals surface area contributed by atoms with Gasteiger partial charge in [-0.3, -0.25) is 4.79 Å². The summed E-state index contributed by atoms with van der Waals surface area (Å²) >= 11 is 7.56. The molecule has 0 amide bonds. The zero-order valence-corrected chi connectivity index (χ0v) is 11.2. The number of Topliss-reactive ketones (excluding diaryl/α,β-unsaturated/α-hetero) is 1. The summed E-state index contributed by atoms with van der Waals surface area (Å²) in [5.41, 5.74) is 2.45. The van der Waals surface area contributed by atoms with E-state index in [9.17, 15) is 4.79 Å². The van der Waals surface area contributed by atoms with E-state index in [0.717, 1.165) is 16.3 Å². The molecule has 0 atom stereocenters. The predicted molar refractivity (Wildman–Crippen MR) is 71.1 cm³/mol. The highest BCUT2D eigenvalue weighted by Crippen LogP contribution is 2.18. The Labute approximate surface area is 109 Å². The normalized spacial score (nSPS) is 10.5. The lowest BCUT2D eigenvalue weighted by Gasteiger charge is -2.02. The summed E-state index contributed by atoms with van der Waals surface area (Å²) in [7, 11) is 0. The summed E-state index contributed by atoms with van der Waals surface area (Å²) in [6.07, 6.45) is 0.337. The molecule has 0 aliphatic heterocycles. The van der Waals surface area contributed by atoms with Crippen LogP contribution in [-0.4, -0.2) is 10.8 Å². The molecule has 2 aromatic rings. The number of benzene rings is 1. The summed E-state index contributed by atoms with van der Waals surface area (Å²) in [6, 6.07) is 5.39. The molecule has 0 N–H and O–H groups in total. The Morgan fingerprint density at radius 1 is 1.41 bits per heavy atom. The molecule has 0 aliphatic carbocycles. The molecule has 0 saturated carbocycles. The summed E-state index contributed by atoms with van der Waals surface area (Å²) in [5.74, 6) is 0.0530. The van der Waals surface area contributed by atoms with Crippen molar-refractivity contribution in [3.63, 3.8) is 0 Å². The van der Waals surface area contributed by atoms with Crippen molar-refractivity contribution in [2.45, 2.75) is 20.3 Å². The first kappa shape index (κ1) is 12.3. The van der Waals surface area contributed by atoms with Gasteiger partial charge in [0.15, 0.2) is 5.78 Å². The molecule has 1 aromatic carbocycles. The number of aryl methyl sites for hydroxylation is 2. The maximum atomic E-state index is 12.0. The van der Waals surface area contributed by atoms with Crippen molar-refractivity contribution >= 4 is 28.7 Å². The lowest BCUT2D eigenvalue weighted by molar-refractivity contribution is 0.0992. The molecular formula is C13H12ClNOS. The van der Waals surface area contributed by atoms with Gasteiger partial charge in [0.05, 0.1) is 17.1 Å². The predicted octanol–water partition coefficient (Wildman–Crippen LogP) is 3.84. The first-order chi connectivity index (χ1) is 8.06. The lowest BCUT2D eigenvalue weighted by Crippen LogP contribution is -2.04. The molecule has 0 fully saturated rings. The number of aromatic nitrogens is 1. The standard InChI is InChI=1S/C13H12ClNOS/c1-8-3-4-10(5-12(8)14)13(16)6-11-7-17-9(2)15-11/h3-5,7H,6H2,1-2H3. The van der Waals surface area contributed by atoms with Crippen molar-refractivity contribution in [3.05, 3.63) is 50.4 Å². The van der Waals surface area contributed by atoms with Crippen LogP contribution in [0.2, 0.25) is 5.02 Å². The van der Waals surface area contributed by atoms with Gasteiger partial charge < -0.3 is 0 Å². The maximum Gasteiger partial charge on any atom is 0.168 e. The fourth-order valence-electron chi connectivity index (χ4n) is 1.52. The van der Waals surface area contributed by atoms with Gasteiger partial charge in [-0.25, -0.2) is 4.98 Å². The van der Waals surface area contributed by atoms with Gasteiger partial charge in [-0.1, -0.05) is 23.7 Å². The lowest BCUT2D eigenvalue weighted by atomic mass is 10.1. The summed E-state index contributed by atoms with van der Waals surface area (Å²) < 4.78 is 0. The van der Waals surface area contributed by atoms with E-state index in [2.05, 4.69) is 4.98 Å². The summed E-state index contributed by atoms with van der Waals surface area (Å²) in [6.45, 7) is 3.85. The quantitative estimate of drug-likeness (QED) is 0.790. The van der Waals surface area contributed by atoms with Crippen molar-refractivity contribution in [2.24, 2.45) is 0 Å². The van der Waals surface area contributed by atoms with Crippen LogP contribution in [0.15, 0.2) is 23.6 Å². The second kappa shape index (κ2) is 4.98. The van der Waals surface area contributed by atoms with E-state index in [1.165, 1.54) is 0 Å². The third-order valence-corrected chi connectivity index (χ3v) is 3.73. The number of hydrogen-bond donors (Lipinski definition) is 0. The van der Waals surface area contributed by atoms with E-state index < -0.39 is 0 Å². The third kappa shape index (κ3) is 2.93. The van der Waals surface area contributed by atoms with E-state index in [1.807, 2.05) is 31.4 Å². The first-order valence-corrected chi connectivity index (χ1v) is 6.52. The van der Waals surface area contributed by atoms with Crippen LogP contribution in [0.4, 0.5) is 0 Å². The van der Waals surface area contributed by atoms with E-state index >= 15 is 0 Å². The Morgan fingerprint density at radius 3 is 2.76 bits per heavy atom. The number of rotatable bonds is 3. The molecule has 0 radical (unpaired) electrons. The van der Waals surface area contributed by atoms with Gasteiger partial charge in [0, 0.05) is 16.0 Å². The van der Waals surface area contributed by atoms with Crippen LogP contribution in [0.3, 0.4) is 0 Å². The monoisotopic (exact) mass is 265 g/mol. The zero-order valence-electron chi connectivity index (χ0n) is 9.66. The van der Waals surface area contributed by atoms with Crippen molar-refractivity contribution in [2.75, 3.05) is 0 Å². The summed E-state index contributed by atoms with van der Waals surface area (Å²) in [5, 5.41) is 3.53. The Bertz CT molecular complexity index is 562. The minimum Gasteiger partial charge on any atom is -0.294 e. The molecule has 1 aromatic heterocycles. The second-order valence-corrected chi connectivity index (χ2v) is 5.39. The van der Waals surface area contributed by atoms with E-state index in [0.29, 0.717) is 17.0 Å². The highest BCUT2D eigenvalue weighted by Gasteiger charge is 2.10. The first-order valence-electron chi connectivity index (χ1n) is 5.26. The van der Waals surface area contributed by atoms with Gasteiger partial charge in [-0.15, -0.1) is 11.3 Å². The average molecular weight is 266 g/mol. The molecule has 4 heteroatoms. The topological polar surface area (TPSA) is 30.0 Å². The average Bonchev–Trinajstić information content (AvgIpc) is 2.68. The number of nitrogens with zero attached hydrogens (tertiary/aromatic N) is 1. The van der Waals surface area contributed by atoms with Crippen LogP contribution in [0, 0.1) is 13.8 Å². The van der Waals surface area contributed by atoms with E-state index in [-0.39, 0.29) is 5.78 Å². The minimum atomic E-state index is 0.0530. The number of halogens is 1. The van der Waals surface area contributed by atoms with Gasteiger partial charge in [0.25, 0.3) is 0 Å². The Balaban J connectivity index is 2.17. The molecule has 1 heterocycles. The van der Waals surface area contributed by atoms with Crippen molar-refractivity contribution in [1.82, 2.24) is 4.98 Å². The Kier molecular flexibility index (Phi) is 3.60. The van der Waals surface area contributed by atoms with Crippen LogP contribution in [0.5, 0.6) is 0 Å². The minimum absolute atomic E-state index is 0.0530. The van der Waals surface area contributed by atoms with E-state index in [1.54, 1.807) is 17.4 Å². The maximum absolute atomic E-state index is 12.0. The SMILES string of the molecule is Cc1nc(CC(=O)c2ccc(C)c(Cl)c2)cs1. The van der Waals surface area contributed by atoms with Gasteiger partial charge >= 0.3 is 0 Å². The van der Waals surface area contributed by atoms with Gasteiger partial charge in [-0.2, -0.15) is 0 Å². The molecule has 88 valence electrons. The largest absolute Gasteiger partial charge is 0.294 e. The molecule has 0 bridgehead atoms.